The Morgan fingerprint density at radius 1 is 1.05 bits per heavy atom. The quantitative estimate of drug-likeness (QED) is 0.802. The van der Waals surface area contributed by atoms with E-state index in [1.54, 1.807) is 6.33 Å². The lowest BCUT2D eigenvalue weighted by Gasteiger charge is -2.26. The fourth-order valence-corrected chi connectivity index (χ4v) is 2.57. The Bertz CT molecular complexity index is 401. The molecule has 5 nitrogen and oxygen atoms in total. The highest BCUT2D eigenvalue weighted by Gasteiger charge is 2.10. The van der Waals surface area contributed by atoms with E-state index in [0.29, 0.717) is 0 Å². The molecule has 1 fully saturated rings. The van der Waals surface area contributed by atoms with Gasteiger partial charge in [-0.3, -0.25) is 0 Å². The summed E-state index contributed by atoms with van der Waals surface area (Å²) in [5.74, 6) is 1.90. The van der Waals surface area contributed by atoms with Gasteiger partial charge in [-0.15, -0.1) is 0 Å². The second-order valence-corrected chi connectivity index (χ2v) is 5.45. The van der Waals surface area contributed by atoms with Gasteiger partial charge in [-0.2, -0.15) is 0 Å². The van der Waals surface area contributed by atoms with Gasteiger partial charge in [0.1, 0.15) is 18.0 Å². The van der Waals surface area contributed by atoms with Crippen LogP contribution in [0.3, 0.4) is 0 Å². The van der Waals surface area contributed by atoms with Gasteiger partial charge in [0.2, 0.25) is 0 Å². The van der Waals surface area contributed by atoms with Crippen molar-refractivity contribution in [3.8, 4) is 0 Å². The maximum Gasteiger partial charge on any atom is 0.134 e. The molecule has 0 amide bonds. The van der Waals surface area contributed by atoms with Crippen LogP contribution in [0.25, 0.3) is 0 Å². The van der Waals surface area contributed by atoms with Crippen molar-refractivity contribution in [3.05, 3.63) is 11.9 Å². The van der Waals surface area contributed by atoms with Crippen molar-refractivity contribution >= 4 is 11.6 Å². The molecule has 2 heterocycles. The highest BCUT2D eigenvalue weighted by molar-refractivity contribution is 5.56. The smallest absolute Gasteiger partial charge is 0.134 e. The van der Waals surface area contributed by atoms with Crippen molar-refractivity contribution < 1.29 is 0 Å². The number of piperidine rings is 1. The van der Waals surface area contributed by atoms with Crippen LogP contribution in [0.15, 0.2) is 6.33 Å². The summed E-state index contributed by atoms with van der Waals surface area (Å²) < 4.78 is 0. The zero-order chi connectivity index (χ0) is 14.2. The molecule has 0 radical (unpaired) electrons. The Hall–Kier alpha value is -1.36. The number of hydrogen-bond donors (Lipinski definition) is 2. The second-order valence-electron chi connectivity index (χ2n) is 5.45. The summed E-state index contributed by atoms with van der Waals surface area (Å²) in [6.07, 6.45) is 6.81. The van der Waals surface area contributed by atoms with Gasteiger partial charge in [-0.25, -0.2) is 9.97 Å². The number of aromatic nitrogens is 2. The number of rotatable bonds is 7. The molecule has 0 aliphatic carbocycles. The first kappa shape index (κ1) is 15.0. The third-order valence-electron chi connectivity index (χ3n) is 3.80. The first-order chi connectivity index (χ1) is 9.81. The van der Waals surface area contributed by atoms with E-state index in [9.17, 15) is 0 Å². The summed E-state index contributed by atoms with van der Waals surface area (Å²) in [4.78, 5) is 11.2. The van der Waals surface area contributed by atoms with Crippen molar-refractivity contribution in [1.29, 1.82) is 0 Å². The maximum absolute atomic E-state index is 4.35. The number of nitrogens with one attached hydrogen (secondary N) is 2. The second kappa shape index (κ2) is 8.04. The number of hydrogen-bond acceptors (Lipinski definition) is 5. The Morgan fingerprint density at radius 3 is 2.35 bits per heavy atom. The van der Waals surface area contributed by atoms with Crippen LogP contribution in [0.5, 0.6) is 0 Å². The monoisotopic (exact) mass is 277 g/mol. The largest absolute Gasteiger partial charge is 0.370 e. The Kier molecular flexibility index (Phi) is 6.05. The SMILES string of the molecule is CCCNc1ncnc(NCCN2CCCCC2)c1C. The molecule has 2 N–H and O–H groups in total. The summed E-state index contributed by atoms with van der Waals surface area (Å²) in [5, 5.41) is 6.79. The lowest BCUT2D eigenvalue weighted by atomic mass is 10.1. The lowest BCUT2D eigenvalue weighted by Crippen LogP contribution is -2.33. The van der Waals surface area contributed by atoms with E-state index in [-0.39, 0.29) is 0 Å². The third-order valence-corrected chi connectivity index (χ3v) is 3.80. The third kappa shape index (κ3) is 4.34. The van der Waals surface area contributed by atoms with Crippen LogP contribution in [0.1, 0.15) is 38.2 Å². The van der Waals surface area contributed by atoms with Crippen molar-refractivity contribution in [3.63, 3.8) is 0 Å². The van der Waals surface area contributed by atoms with E-state index in [2.05, 4.69) is 39.3 Å². The number of likely N-dealkylation sites (tertiary alicyclic amines) is 1. The van der Waals surface area contributed by atoms with Gasteiger partial charge in [0.05, 0.1) is 0 Å². The molecule has 0 saturated carbocycles. The highest BCUT2D eigenvalue weighted by Crippen LogP contribution is 2.18. The van der Waals surface area contributed by atoms with Crippen molar-refractivity contribution in [2.24, 2.45) is 0 Å². The standard InChI is InChI=1S/C15H27N5/c1-3-7-16-14-13(2)15(19-12-18-14)17-8-11-20-9-5-4-6-10-20/h12H,3-11H2,1-2H3,(H2,16,17,18,19). The molecule has 0 aromatic carbocycles. The molecule has 5 heteroatoms. The molecule has 0 bridgehead atoms. The van der Waals surface area contributed by atoms with E-state index in [1.807, 2.05) is 0 Å². The van der Waals surface area contributed by atoms with Crippen LogP contribution in [0.2, 0.25) is 0 Å². The zero-order valence-electron chi connectivity index (χ0n) is 12.8. The van der Waals surface area contributed by atoms with E-state index in [4.69, 9.17) is 0 Å². The van der Waals surface area contributed by atoms with E-state index in [0.717, 1.165) is 43.3 Å². The molecular formula is C15H27N5. The average Bonchev–Trinajstić information content (AvgIpc) is 2.49. The lowest BCUT2D eigenvalue weighted by molar-refractivity contribution is 0.237. The van der Waals surface area contributed by atoms with Crippen LogP contribution in [0, 0.1) is 6.92 Å². The Balaban J connectivity index is 1.82. The Labute approximate surface area is 122 Å². The minimum Gasteiger partial charge on any atom is -0.370 e. The van der Waals surface area contributed by atoms with E-state index in [1.165, 1.54) is 32.4 Å². The van der Waals surface area contributed by atoms with Gasteiger partial charge in [0.25, 0.3) is 0 Å². The van der Waals surface area contributed by atoms with Crippen molar-refractivity contribution in [1.82, 2.24) is 14.9 Å². The topological polar surface area (TPSA) is 53.1 Å². The summed E-state index contributed by atoms with van der Waals surface area (Å²) in [7, 11) is 0. The molecular weight excluding hydrogens is 250 g/mol. The summed E-state index contributed by atoms with van der Waals surface area (Å²) >= 11 is 0. The minimum absolute atomic E-state index is 0.947. The fraction of sp³-hybridized carbons (Fsp3) is 0.733. The first-order valence-corrected chi connectivity index (χ1v) is 7.83. The van der Waals surface area contributed by atoms with Gasteiger partial charge < -0.3 is 15.5 Å². The van der Waals surface area contributed by atoms with Crippen molar-refractivity contribution in [2.45, 2.75) is 39.5 Å². The molecule has 112 valence electrons. The number of anilines is 2. The van der Waals surface area contributed by atoms with Crippen LogP contribution in [0.4, 0.5) is 11.6 Å². The molecule has 2 rings (SSSR count). The van der Waals surface area contributed by atoms with Crippen LogP contribution >= 0.6 is 0 Å². The molecule has 0 atom stereocenters. The molecule has 1 saturated heterocycles. The Morgan fingerprint density at radius 2 is 1.70 bits per heavy atom. The predicted octanol–water partition coefficient (Wildman–Crippen LogP) is 2.50. The maximum atomic E-state index is 4.35. The van der Waals surface area contributed by atoms with Gasteiger partial charge in [0.15, 0.2) is 0 Å². The van der Waals surface area contributed by atoms with Gasteiger partial charge in [0, 0.05) is 25.2 Å². The van der Waals surface area contributed by atoms with E-state index < -0.39 is 0 Å². The minimum atomic E-state index is 0.947. The van der Waals surface area contributed by atoms with E-state index >= 15 is 0 Å². The zero-order valence-corrected chi connectivity index (χ0v) is 12.8. The molecule has 0 spiro atoms. The van der Waals surface area contributed by atoms with Crippen LogP contribution < -0.4 is 10.6 Å². The predicted molar refractivity (Wildman–Crippen MR) is 84.3 cm³/mol. The molecule has 1 aromatic rings. The number of nitrogens with zero attached hydrogens (tertiary/aromatic N) is 3. The first-order valence-electron chi connectivity index (χ1n) is 7.83. The van der Waals surface area contributed by atoms with Crippen LogP contribution in [-0.2, 0) is 0 Å². The normalized spacial score (nSPS) is 16.1. The fourth-order valence-electron chi connectivity index (χ4n) is 2.57. The molecule has 20 heavy (non-hydrogen) atoms. The van der Waals surface area contributed by atoms with Gasteiger partial charge in [-0.1, -0.05) is 13.3 Å². The average molecular weight is 277 g/mol. The summed E-state index contributed by atoms with van der Waals surface area (Å²) in [5.41, 5.74) is 1.11. The molecule has 1 aliphatic heterocycles. The van der Waals surface area contributed by atoms with Gasteiger partial charge in [-0.05, 0) is 39.3 Å². The van der Waals surface area contributed by atoms with Crippen LogP contribution in [-0.4, -0.2) is 47.6 Å². The molecule has 1 aromatic heterocycles. The molecule has 0 unspecified atom stereocenters. The summed E-state index contributed by atoms with van der Waals surface area (Å²) in [6.45, 7) is 9.71. The van der Waals surface area contributed by atoms with Gasteiger partial charge >= 0.3 is 0 Å². The van der Waals surface area contributed by atoms with Crippen molar-refractivity contribution in [2.75, 3.05) is 43.4 Å². The highest BCUT2D eigenvalue weighted by atomic mass is 15.2. The summed E-state index contributed by atoms with van der Waals surface area (Å²) in [6, 6.07) is 0. The molecule has 1 aliphatic rings.